The van der Waals surface area contributed by atoms with Crippen LogP contribution in [0.4, 0.5) is 5.69 Å². The van der Waals surface area contributed by atoms with Crippen LogP contribution in [0.2, 0.25) is 5.02 Å². The van der Waals surface area contributed by atoms with Crippen LogP contribution < -0.4 is 4.90 Å². The van der Waals surface area contributed by atoms with Crippen LogP contribution in [-0.2, 0) is 11.2 Å². The highest BCUT2D eigenvalue weighted by molar-refractivity contribution is 7.99. The van der Waals surface area contributed by atoms with Gasteiger partial charge in [-0.2, -0.15) is 0 Å². The van der Waals surface area contributed by atoms with Crippen LogP contribution in [0.5, 0.6) is 0 Å². The normalized spacial score (nSPS) is 15.2. The Labute approximate surface area is 191 Å². The third-order valence-corrected chi connectivity index (χ3v) is 6.46. The van der Waals surface area contributed by atoms with Gasteiger partial charge in [0.1, 0.15) is 0 Å². The van der Waals surface area contributed by atoms with E-state index in [1.54, 1.807) is 0 Å². The Kier molecular flexibility index (Phi) is 7.14. The van der Waals surface area contributed by atoms with E-state index in [1.165, 1.54) is 17.3 Å². The van der Waals surface area contributed by atoms with Gasteiger partial charge in [0.2, 0.25) is 11.8 Å². The molecule has 1 aromatic heterocycles. The minimum Gasteiger partial charge on any atom is -0.416 e. The summed E-state index contributed by atoms with van der Waals surface area (Å²) >= 11 is 7.39. The summed E-state index contributed by atoms with van der Waals surface area (Å²) in [5.41, 5.74) is 2.33. The van der Waals surface area contributed by atoms with Gasteiger partial charge in [0, 0.05) is 43.3 Å². The largest absolute Gasteiger partial charge is 0.416 e. The second-order valence-electron chi connectivity index (χ2n) is 7.61. The molecule has 1 fully saturated rings. The molecule has 0 spiro atoms. The number of thioether (sulfide) groups is 1. The van der Waals surface area contributed by atoms with Crippen molar-refractivity contribution in [3.63, 3.8) is 0 Å². The summed E-state index contributed by atoms with van der Waals surface area (Å²) in [6, 6.07) is 18.1. The van der Waals surface area contributed by atoms with Crippen LogP contribution >= 0.6 is 23.4 Å². The summed E-state index contributed by atoms with van der Waals surface area (Å²) in [5.74, 6) is 1.28. The van der Waals surface area contributed by atoms with E-state index in [2.05, 4.69) is 34.2 Å². The van der Waals surface area contributed by atoms with Gasteiger partial charge in [-0.15, -0.1) is 10.2 Å². The summed E-state index contributed by atoms with van der Waals surface area (Å²) < 4.78 is 5.75. The molecule has 3 aromatic rings. The SMILES string of the molecule is CC(Cc1nnc(SCC(=O)N2CCN(c3cccc(Cl)c3)CC2)o1)c1ccccc1. The maximum Gasteiger partial charge on any atom is 0.277 e. The predicted molar refractivity (Wildman–Crippen MR) is 124 cm³/mol. The summed E-state index contributed by atoms with van der Waals surface area (Å²) in [4.78, 5) is 16.8. The van der Waals surface area contributed by atoms with Crippen molar-refractivity contribution >= 4 is 35.0 Å². The molecule has 1 amide bonds. The molecule has 0 N–H and O–H groups in total. The lowest BCUT2D eigenvalue weighted by molar-refractivity contribution is -0.128. The average molecular weight is 457 g/mol. The molecule has 0 bridgehead atoms. The first-order valence-corrected chi connectivity index (χ1v) is 11.7. The molecule has 2 aromatic carbocycles. The van der Waals surface area contributed by atoms with Crippen LogP contribution in [0.15, 0.2) is 64.2 Å². The number of hydrogen-bond acceptors (Lipinski definition) is 6. The molecule has 1 aliphatic rings. The first kappa shape index (κ1) is 21.7. The first-order chi connectivity index (χ1) is 15.1. The smallest absolute Gasteiger partial charge is 0.277 e. The van der Waals surface area contributed by atoms with Gasteiger partial charge in [0.15, 0.2) is 0 Å². The minimum absolute atomic E-state index is 0.0909. The molecular weight excluding hydrogens is 432 g/mol. The monoisotopic (exact) mass is 456 g/mol. The lowest BCUT2D eigenvalue weighted by Gasteiger charge is -2.36. The van der Waals surface area contributed by atoms with E-state index in [4.69, 9.17) is 16.0 Å². The number of anilines is 1. The molecule has 1 unspecified atom stereocenters. The number of benzene rings is 2. The molecular formula is C23H25ClN4O2S. The van der Waals surface area contributed by atoms with E-state index in [0.29, 0.717) is 36.4 Å². The van der Waals surface area contributed by atoms with Crippen LogP contribution in [0.1, 0.15) is 24.3 Å². The topological polar surface area (TPSA) is 62.5 Å². The molecule has 0 saturated carbocycles. The molecule has 8 heteroatoms. The Hall–Kier alpha value is -2.51. The van der Waals surface area contributed by atoms with Crippen molar-refractivity contribution in [2.75, 3.05) is 36.8 Å². The zero-order chi connectivity index (χ0) is 21.6. The maximum absolute atomic E-state index is 12.6. The number of halogens is 1. The van der Waals surface area contributed by atoms with Crippen molar-refractivity contribution in [2.24, 2.45) is 0 Å². The van der Waals surface area contributed by atoms with Gasteiger partial charge in [0.25, 0.3) is 5.22 Å². The Morgan fingerprint density at radius 2 is 1.87 bits per heavy atom. The van der Waals surface area contributed by atoms with Gasteiger partial charge in [-0.1, -0.05) is 66.7 Å². The fourth-order valence-corrected chi connectivity index (χ4v) is 4.51. The molecule has 162 valence electrons. The summed E-state index contributed by atoms with van der Waals surface area (Å²) in [5, 5.41) is 9.41. The second kappa shape index (κ2) is 10.2. The second-order valence-corrected chi connectivity index (χ2v) is 8.98. The number of carbonyl (C=O) groups is 1. The lowest BCUT2D eigenvalue weighted by atomic mass is 9.98. The van der Waals surface area contributed by atoms with Gasteiger partial charge < -0.3 is 14.2 Å². The number of nitrogens with zero attached hydrogens (tertiary/aromatic N) is 4. The highest BCUT2D eigenvalue weighted by Crippen LogP contribution is 2.24. The molecule has 31 heavy (non-hydrogen) atoms. The number of carbonyl (C=O) groups excluding carboxylic acids is 1. The summed E-state index contributed by atoms with van der Waals surface area (Å²) in [6.07, 6.45) is 0.678. The molecule has 1 aliphatic heterocycles. The zero-order valence-electron chi connectivity index (χ0n) is 17.4. The van der Waals surface area contributed by atoms with Crippen LogP contribution in [-0.4, -0.2) is 52.9 Å². The molecule has 6 nitrogen and oxygen atoms in total. The fraction of sp³-hybridized carbons (Fsp3) is 0.348. The Bertz CT molecular complexity index is 1010. The number of aromatic nitrogens is 2. The predicted octanol–water partition coefficient (Wildman–Crippen LogP) is 4.51. The third kappa shape index (κ3) is 5.80. The zero-order valence-corrected chi connectivity index (χ0v) is 19.0. The van der Waals surface area contributed by atoms with E-state index in [9.17, 15) is 4.79 Å². The molecule has 0 aliphatic carbocycles. The molecule has 1 atom stereocenters. The maximum atomic E-state index is 12.6. The van der Waals surface area contributed by atoms with E-state index in [0.717, 1.165) is 23.8 Å². The number of amides is 1. The highest BCUT2D eigenvalue weighted by Gasteiger charge is 2.22. The van der Waals surface area contributed by atoms with Gasteiger partial charge in [-0.3, -0.25) is 4.79 Å². The molecule has 2 heterocycles. The number of rotatable bonds is 7. The van der Waals surface area contributed by atoms with Crippen molar-refractivity contribution in [3.05, 3.63) is 71.1 Å². The fourth-order valence-electron chi connectivity index (χ4n) is 3.64. The highest BCUT2D eigenvalue weighted by atomic mass is 35.5. The molecule has 0 radical (unpaired) electrons. The Morgan fingerprint density at radius 3 is 2.61 bits per heavy atom. The quantitative estimate of drug-likeness (QED) is 0.487. The van der Waals surface area contributed by atoms with Crippen LogP contribution in [0.25, 0.3) is 0 Å². The third-order valence-electron chi connectivity index (χ3n) is 5.42. The summed E-state index contributed by atoms with van der Waals surface area (Å²) in [7, 11) is 0. The number of hydrogen-bond donors (Lipinski definition) is 0. The standard InChI is InChI=1S/C23H25ClN4O2S/c1-17(18-6-3-2-4-7-18)14-21-25-26-23(30-21)31-16-22(29)28-12-10-27(11-13-28)20-9-5-8-19(24)15-20/h2-9,15,17H,10-14,16H2,1H3. The van der Waals surface area contributed by atoms with Crippen molar-refractivity contribution in [1.29, 1.82) is 0 Å². The van der Waals surface area contributed by atoms with Gasteiger partial charge in [-0.05, 0) is 29.7 Å². The average Bonchev–Trinajstić information content (AvgIpc) is 3.25. The van der Waals surface area contributed by atoms with Gasteiger partial charge in [-0.25, -0.2) is 0 Å². The minimum atomic E-state index is 0.0909. The van der Waals surface area contributed by atoms with Crippen LogP contribution in [0.3, 0.4) is 0 Å². The number of piperazine rings is 1. The van der Waals surface area contributed by atoms with E-state index >= 15 is 0 Å². The van der Waals surface area contributed by atoms with E-state index in [-0.39, 0.29) is 11.8 Å². The van der Waals surface area contributed by atoms with Gasteiger partial charge in [0.05, 0.1) is 5.75 Å². The Morgan fingerprint density at radius 1 is 1.10 bits per heavy atom. The van der Waals surface area contributed by atoms with Crippen LogP contribution in [0, 0.1) is 0 Å². The van der Waals surface area contributed by atoms with Crippen molar-refractivity contribution in [1.82, 2.24) is 15.1 Å². The summed E-state index contributed by atoms with van der Waals surface area (Å²) in [6.45, 7) is 5.10. The van der Waals surface area contributed by atoms with E-state index in [1.807, 2.05) is 47.4 Å². The first-order valence-electron chi connectivity index (χ1n) is 10.4. The van der Waals surface area contributed by atoms with Crippen molar-refractivity contribution < 1.29 is 9.21 Å². The van der Waals surface area contributed by atoms with Crippen molar-refractivity contribution in [3.8, 4) is 0 Å². The van der Waals surface area contributed by atoms with E-state index < -0.39 is 0 Å². The Balaban J connectivity index is 1.23. The molecule has 4 rings (SSSR count). The van der Waals surface area contributed by atoms with Gasteiger partial charge >= 0.3 is 0 Å². The van der Waals surface area contributed by atoms with Crippen molar-refractivity contribution in [2.45, 2.75) is 24.5 Å². The molecule has 1 saturated heterocycles. The lowest BCUT2D eigenvalue weighted by Crippen LogP contribution is -2.49.